The van der Waals surface area contributed by atoms with E-state index < -0.39 is 42.8 Å². The molecule has 2 aromatic heterocycles. The van der Waals surface area contributed by atoms with Gasteiger partial charge in [-0.25, -0.2) is 24.1 Å². The predicted octanol–water partition coefficient (Wildman–Crippen LogP) is 3.26. The lowest BCUT2D eigenvalue weighted by Crippen LogP contribution is -2.46. The predicted molar refractivity (Wildman–Crippen MR) is 96.7 cm³/mol. The lowest BCUT2D eigenvalue weighted by molar-refractivity contribution is -0.145. The Morgan fingerprint density at radius 2 is 1.90 bits per heavy atom. The number of carbonyl (C=O) groups is 2. The van der Waals surface area contributed by atoms with E-state index >= 15 is 0 Å². The van der Waals surface area contributed by atoms with E-state index in [0.29, 0.717) is 0 Å². The molecule has 2 aromatic rings. The number of halogens is 5. The number of nitrogens with zero attached hydrogens (tertiary/aromatic N) is 5. The van der Waals surface area contributed by atoms with Crippen molar-refractivity contribution in [1.29, 1.82) is 0 Å². The average molecular weight is 448 g/mol. The number of hydrogen-bond donors (Lipinski definition) is 1. The summed E-state index contributed by atoms with van der Waals surface area (Å²) in [6, 6.07) is 1.44. The maximum atomic E-state index is 13.7. The number of carboxylic acid groups (broad SMARTS) is 1. The third-order valence-electron chi connectivity index (χ3n) is 4.48. The van der Waals surface area contributed by atoms with Gasteiger partial charge in [0.1, 0.15) is 17.4 Å². The van der Waals surface area contributed by atoms with Crippen molar-refractivity contribution in [3.63, 3.8) is 0 Å². The van der Waals surface area contributed by atoms with Gasteiger partial charge < -0.3 is 10.0 Å². The molecular weight excluding hydrogens is 434 g/mol. The SMILES string of the molecule is CN(C(=O)[C@@H]1C[C@@H](F)CN1C(=O)O)c1cc(Cl)nc(-c2cnc(C(F)(F)F)nc2)c1. The molecule has 2 amide bonds. The van der Waals surface area contributed by atoms with Gasteiger partial charge in [-0.2, -0.15) is 13.2 Å². The molecule has 3 heterocycles. The molecule has 2 atom stereocenters. The molecule has 3 rings (SSSR count). The number of carbonyl (C=O) groups excluding carboxylic acids is 1. The van der Waals surface area contributed by atoms with E-state index in [2.05, 4.69) is 15.0 Å². The Hall–Kier alpha value is -3.02. The van der Waals surface area contributed by atoms with Gasteiger partial charge in [0.05, 0.1) is 12.2 Å². The highest BCUT2D eigenvalue weighted by Gasteiger charge is 2.41. The fourth-order valence-electron chi connectivity index (χ4n) is 3.01. The Morgan fingerprint density at radius 3 is 2.47 bits per heavy atom. The van der Waals surface area contributed by atoms with E-state index in [1.54, 1.807) is 0 Å². The van der Waals surface area contributed by atoms with Crippen LogP contribution in [0.25, 0.3) is 11.3 Å². The monoisotopic (exact) mass is 447 g/mol. The van der Waals surface area contributed by atoms with Gasteiger partial charge in [0.2, 0.25) is 11.7 Å². The van der Waals surface area contributed by atoms with Crippen LogP contribution in [0.2, 0.25) is 5.15 Å². The van der Waals surface area contributed by atoms with E-state index in [9.17, 15) is 32.3 Å². The first-order valence-corrected chi connectivity index (χ1v) is 8.83. The Balaban J connectivity index is 1.89. The maximum absolute atomic E-state index is 13.7. The van der Waals surface area contributed by atoms with Gasteiger partial charge in [0.25, 0.3) is 0 Å². The summed E-state index contributed by atoms with van der Waals surface area (Å²) in [5.41, 5.74) is 0.391. The Kier molecular flexibility index (Phi) is 5.79. The molecule has 1 aliphatic heterocycles. The van der Waals surface area contributed by atoms with Crippen molar-refractivity contribution < 1.29 is 32.3 Å². The number of alkyl halides is 4. The summed E-state index contributed by atoms with van der Waals surface area (Å²) in [4.78, 5) is 36.3. The molecule has 1 aliphatic rings. The smallest absolute Gasteiger partial charge is 0.451 e. The molecule has 8 nitrogen and oxygen atoms in total. The van der Waals surface area contributed by atoms with Crippen LogP contribution in [0.5, 0.6) is 0 Å². The third kappa shape index (κ3) is 4.42. The lowest BCUT2D eigenvalue weighted by atomic mass is 10.1. The molecule has 13 heteroatoms. The zero-order chi connectivity index (χ0) is 22.2. The fraction of sp³-hybridized carbons (Fsp3) is 0.353. The number of amides is 2. The van der Waals surface area contributed by atoms with Crippen LogP contribution in [-0.4, -0.2) is 62.8 Å². The Bertz CT molecular complexity index is 973. The van der Waals surface area contributed by atoms with Gasteiger partial charge in [-0.15, -0.1) is 0 Å². The first-order chi connectivity index (χ1) is 14.0. The number of pyridine rings is 1. The first kappa shape index (κ1) is 21.7. The minimum absolute atomic E-state index is 0.0769. The van der Waals surface area contributed by atoms with E-state index in [0.717, 1.165) is 22.2 Å². The minimum Gasteiger partial charge on any atom is -0.465 e. The van der Waals surface area contributed by atoms with E-state index in [4.69, 9.17) is 11.6 Å². The van der Waals surface area contributed by atoms with Crippen LogP contribution in [0.15, 0.2) is 24.5 Å². The van der Waals surface area contributed by atoms with Gasteiger partial charge in [-0.1, -0.05) is 11.6 Å². The van der Waals surface area contributed by atoms with Crippen molar-refractivity contribution in [3.05, 3.63) is 35.5 Å². The summed E-state index contributed by atoms with van der Waals surface area (Å²) >= 11 is 5.98. The molecule has 0 radical (unpaired) electrons. The summed E-state index contributed by atoms with van der Waals surface area (Å²) in [7, 11) is 1.34. The van der Waals surface area contributed by atoms with Gasteiger partial charge in [-0.05, 0) is 12.1 Å². The second-order valence-electron chi connectivity index (χ2n) is 6.51. The molecule has 30 heavy (non-hydrogen) atoms. The second kappa shape index (κ2) is 8.01. The number of anilines is 1. The summed E-state index contributed by atoms with van der Waals surface area (Å²) < 4.78 is 51.6. The standard InChI is InChI=1S/C17H14ClF4N5O3/c1-26(14(28)12-2-9(19)7-27(12)16(29)30)10-3-11(25-13(18)4-10)8-5-23-15(24-6-8)17(20,21)22/h3-6,9,12H,2,7H2,1H3,(H,29,30)/t9-,12+/m1/s1. The van der Waals surface area contributed by atoms with Crippen molar-refractivity contribution in [2.45, 2.75) is 24.8 Å². The molecule has 1 N–H and O–H groups in total. The minimum atomic E-state index is -4.70. The topological polar surface area (TPSA) is 99.5 Å². The molecule has 0 aliphatic carbocycles. The summed E-state index contributed by atoms with van der Waals surface area (Å²) in [6.07, 6.45) is -6.05. The van der Waals surface area contributed by atoms with Crippen LogP contribution in [0.3, 0.4) is 0 Å². The Morgan fingerprint density at radius 1 is 1.27 bits per heavy atom. The van der Waals surface area contributed by atoms with E-state index in [-0.39, 0.29) is 28.5 Å². The normalized spacial score (nSPS) is 19.1. The Labute approximate surface area is 172 Å². The second-order valence-corrected chi connectivity index (χ2v) is 6.89. The van der Waals surface area contributed by atoms with Gasteiger partial charge in [0.15, 0.2) is 0 Å². The highest BCUT2D eigenvalue weighted by atomic mass is 35.5. The molecular formula is C17H14ClF4N5O3. The highest BCUT2D eigenvalue weighted by molar-refractivity contribution is 6.29. The molecule has 1 fully saturated rings. The first-order valence-electron chi connectivity index (χ1n) is 8.45. The van der Waals surface area contributed by atoms with Crippen LogP contribution < -0.4 is 4.90 Å². The van der Waals surface area contributed by atoms with Crippen LogP contribution in [0.1, 0.15) is 12.2 Å². The largest absolute Gasteiger partial charge is 0.465 e. The van der Waals surface area contributed by atoms with Crippen LogP contribution >= 0.6 is 11.6 Å². The van der Waals surface area contributed by atoms with Crippen LogP contribution in [-0.2, 0) is 11.0 Å². The number of rotatable bonds is 3. The molecule has 0 saturated carbocycles. The van der Waals surface area contributed by atoms with Crippen molar-refractivity contribution in [3.8, 4) is 11.3 Å². The quantitative estimate of drug-likeness (QED) is 0.572. The van der Waals surface area contributed by atoms with E-state index in [1.807, 2.05) is 0 Å². The molecule has 0 bridgehead atoms. The summed E-state index contributed by atoms with van der Waals surface area (Å²) in [6.45, 7) is -0.412. The molecule has 0 spiro atoms. The molecule has 160 valence electrons. The van der Waals surface area contributed by atoms with Crippen LogP contribution in [0.4, 0.5) is 28.0 Å². The van der Waals surface area contributed by atoms with Gasteiger partial charge in [0, 0.05) is 37.1 Å². The van der Waals surface area contributed by atoms with Crippen LogP contribution in [0, 0.1) is 0 Å². The highest BCUT2D eigenvalue weighted by Crippen LogP contribution is 2.30. The van der Waals surface area contributed by atoms with Gasteiger partial charge in [-0.3, -0.25) is 9.69 Å². The molecule has 0 aromatic carbocycles. The molecule has 0 unspecified atom stereocenters. The van der Waals surface area contributed by atoms with E-state index in [1.165, 1.54) is 19.2 Å². The zero-order valence-electron chi connectivity index (χ0n) is 15.3. The summed E-state index contributed by atoms with van der Waals surface area (Å²) in [5, 5.41) is 9.11. The number of likely N-dealkylation sites (N-methyl/N-ethyl adjacent to an activating group) is 1. The lowest BCUT2D eigenvalue weighted by Gasteiger charge is -2.26. The number of aromatic nitrogens is 3. The number of hydrogen-bond acceptors (Lipinski definition) is 5. The van der Waals surface area contributed by atoms with Crippen molar-refractivity contribution >= 4 is 29.3 Å². The van der Waals surface area contributed by atoms with Gasteiger partial charge >= 0.3 is 12.3 Å². The molecule has 1 saturated heterocycles. The van der Waals surface area contributed by atoms with Crippen molar-refractivity contribution in [2.24, 2.45) is 0 Å². The van der Waals surface area contributed by atoms with Crippen molar-refractivity contribution in [2.75, 3.05) is 18.5 Å². The maximum Gasteiger partial charge on any atom is 0.451 e. The fourth-order valence-corrected chi connectivity index (χ4v) is 3.22. The number of likely N-dealkylation sites (tertiary alicyclic amines) is 1. The summed E-state index contributed by atoms with van der Waals surface area (Å²) in [5.74, 6) is -2.01. The third-order valence-corrected chi connectivity index (χ3v) is 4.67. The van der Waals surface area contributed by atoms with Crippen molar-refractivity contribution in [1.82, 2.24) is 19.9 Å². The average Bonchev–Trinajstić information content (AvgIpc) is 3.08. The zero-order valence-corrected chi connectivity index (χ0v) is 16.0.